The molecule has 5 heterocycles. The number of carbonyl (C=O) groups excluding carboxylic acids is 1. The number of aromatic nitrogens is 5. The Morgan fingerprint density at radius 3 is 2.82 bits per heavy atom. The molecule has 1 unspecified atom stereocenters. The number of piperidine rings is 1. The van der Waals surface area contributed by atoms with Gasteiger partial charge in [-0.15, -0.1) is 14.8 Å². The van der Waals surface area contributed by atoms with Gasteiger partial charge in [0.2, 0.25) is 0 Å². The number of ether oxygens (including phenoxy) is 1. The average molecular weight is 450 g/mol. The zero-order chi connectivity index (χ0) is 22.6. The molecule has 0 aliphatic carbocycles. The van der Waals surface area contributed by atoms with Crippen LogP contribution in [0.15, 0.2) is 24.3 Å². The molecular weight excluding hydrogens is 422 g/mol. The van der Waals surface area contributed by atoms with Crippen molar-refractivity contribution in [3.05, 3.63) is 46.5 Å². The first-order valence-electron chi connectivity index (χ1n) is 11.5. The Balaban J connectivity index is 1.08. The van der Waals surface area contributed by atoms with Gasteiger partial charge in [0.15, 0.2) is 11.5 Å². The van der Waals surface area contributed by atoms with Crippen molar-refractivity contribution in [2.24, 2.45) is 5.41 Å². The summed E-state index contributed by atoms with van der Waals surface area (Å²) in [6, 6.07) is 7.56. The number of hydrogen-bond acceptors (Lipinski definition) is 9. The average Bonchev–Trinajstić information content (AvgIpc) is 3.55. The van der Waals surface area contributed by atoms with E-state index in [1.54, 1.807) is 6.07 Å². The smallest absolute Gasteiger partial charge is 0.338 e. The summed E-state index contributed by atoms with van der Waals surface area (Å²) in [7, 11) is 0. The summed E-state index contributed by atoms with van der Waals surface area (Å²) in [5.74, 6) is 0.647. The van der Waals surface area contributed by atoms with Gasteiger partial charge in [0.25, 0.3) is 0 Å². The molecule has 2 fully saturated rings. The van der Waals surface area contributed by atoms with Gasteiger partial charge in [-0.2, -0.15) is 0 Å². The predicted molar refractivity (Wildman–Crippen MR) is 119 cm³/mol. The SMILES string of the molecule is Cc1c(C(O)CN2CCC3(CC2)CCN(c2ccc4nnnn4n2)C3)ccc2c1COC2=O. The van der Waals surface area contributed by atoms with Crippen molar-refractivity contribution < 1.29 is 14.6 Å². The molecule has 6 rings (SSSR count). The van der Waals surface area contributed by atoms with Crippen molar-refractivity contribution in [1.29, 1.82) is 0 Å². The Kier molecular flexibility index (Phi) is 4.81. The van der Waals surface area contributed by atoms with Crippen molar-refractivity contribution in [2.75, 3.05) is 37.6 Å². The Labute approximate surface area is 191 Å². The minimum Gasteiger partial charge on any atom is -0.457 e. The maximum atomic E-state index is 11.8. The number of esters is 1. The van der Waals surface area contributed by atoms with Gasteiger partial charge in [0.1, 0.15) is 6.61 Å². The quantitative estimate of drug-likeness (QED) is 0.593. The van der Waals surface area contributed by atoms with Gasteiger partial charge < -0.3 is 19.6 Å². The van der Waals surface area contributed by atoms with Gasteiger partial charge in [-0.25, -0.2) is 4.79 Å². The fourth-order valence-electron chi connectivity index (χ4n) is 5.63. The van der Waals surface area contributed by atoms with Crippen molar-refractivity contribution >= 4 is 17.4 Å². The van der Waals surface area contributed by atoms with E-state index in [9.17, 15) is 9.90 Å². The minimum atomic E-state index is -0.577. The molecule has 2 aromatic heterocycles. The zero-order valence-electron chi connectivity index (χ0n) is 18.6. The van der Waals surface area contributed by atoms with E-state index >= 15 is 0 Å². The van der Waals surface area contributed by atoms with Gasteiger partial charge in [0.05, 0.1) is 11.7 Å². The number of cyclic esters (lactones) is 1. The molecule has 0 amide bonds. The van der Waals surface area contributed by atoms with Crippen LogP contribution in [0, 0.1) is 12.3 Å². The van der Waals surface area contributed by atoms with Crippen LogP contribution in [0.5, 0.6) is 0 Å². The predicted octanol–water partition coefficient (Wildman–Crippen LogP) is 1.52. The number of β-amino-alcohol motifs (C(OH)–C–C–N with tert-alkyl or cyclic N) is 1. The molecule has 33 heavy (non-hydrogen) atoms. The number of rotatable bonds is 4. The summed E-state index contributed by atoms with van der Waals surface area (Å²) >= 11 is 0. The second-order valence-electron chi connectivity index (χ2n) is 9.59. The van der Waals surface area contributed by atoms with Crippen molar-refractivity contribution in [1.82, 2.24) is 30.2 Å². The molecule has 1 spiro atoms. The molecule has 0 saturated carbocycles. The van der Waals surface area contributed by atoms with E-state index in [1.807, 2.05) is 25.1 Å². The van der Waals surface area contributed by atoms with Crippen molar-refractivity contribution in [3.63, 3.8) is 0 Å². The topological polar surface area (TPSA) is 109 Å². The highest BCUT2D eigenvalue weighted by atomic mass is 16.5. The van der Waals surface area contributed by atoms with E-state index in [-0.39, 0.29) is 5.97 Å². The highest BCUT2D eigenvalue weighted by Gasteiger charge is 2.41. The van der Waals surface area contributed by atoms with Crippen molar-refractivity contribution in [3.8, 4) is 0 Å². The lowest BCUT2D eigenvalue weighted by Gasteiger charge is -2.40. The zero-order valence-corrected chi connectivity index (χ0v) is 18.6. The van der Waals surface area contributed by atoms with Crippen LogP contribution in [-0.2, 0) is 11.3 Å². The molecule has 1 N–H and O–H groups in total. The third-order valence-electron chi connectivity index (χ3n) is 7.73. The van der Waals surface area contributed by atoms with Crippen LogP contribution >= 0.6 is 0 Å². The van der Waals surface area contributed by atoms with Crippen LogP contribution in [0.25, 0.3) is 5.65 Å². The lowest BCUT2D eigenvalue weighted by molar-refractivity contribution is 0.0534. The number of tetrazole rings is 1. The van der Waals surface area contributed by atoms with Gasteiger partial charge in [0, 0.05) is 25.2 Å². The fourth-order valence-corrected chi connectivity index (χ4v) is 5.63. The van der Waals surface area contributed by atoms with Crippen LogP contribution in [0.1, 0.15) is 52.4 Å². The molecule has 0 bridgehead atoms. The molecule has 10 nitrogen and oxygen atoms in total. The molecule has 172 valence electrons. The van der Waals surface area contributed by atoms with Crippen LogP contribution < -0.4 is 4.90 Å². The lowest BCUT2D eigenvalue weighted by Crippen LogP contribution is -2.43. The van der Waals surface area contributed by atoms with E-state index < -0.39 is 6.10 Å². The monoisotopic (exact) mass is 449 g/mol. The summed E-state index contributed by atoms with van der Waals surface area (Å²) in [6.45, 7) is 6.79. The Morgan fingerprint density at radius 1 is 1.15 bits per heavy atom. The summed E-state index contributed by atoms with van der Waals surface area (Å²) in [5.41, 5.74) is 4.34. The van der Waals surface area contributed by atoms with Gasteiger partial charge in [-0.3, -0.25) is 0 Å². The molecule has 3 aromatic rings. The number of anilines is 1. The van der Waals surface area contributed by atoms with E-state index in [4.69, 9.17) is 4.74 Å². The number of aliphatic hydroxyl groups is 1. The third kappa shape index (κ3) is 3.53. The number of aliphatic hydroxyl groups excluding tert-OH is 1. The number of hydrogen-bond donors (Lipinski definition) is 1. The van der Waals surface area contributed by atoms with E-state index in [2.05, 4.69) is 30.4 Å². The van der Waals surface area contributed by atoms with Gasteiger partial charge >= 0.3 is 5.97 Å². The van der Waals surface area contributed by atoms with Crippen LogP contribution in [0.3, 0.4) is 0 Å². The summed E-state index contributed by atoms with van der Waals surface area (Å²) in [5, 5.41) is 27.0. The maximum absolute atomic E-state index is 11.8. The largest absolute Gasteiger partial charge is 0.457 e. The number of nitrogens with zero attached hydrogens (tertiary/aromatic N) is 7. The molecule has 1 atom stereocenters. The molecule has 2 saturated heterocycles. The Hall–Kier alpha value is -3.11. The van der Waals surface area contributed by atoms with Crippen LogP contribution in [-0.4, -0.2) is 74.0 Å². The van der Waals surface area contributed by atoms with E-state index in [1.165, 1.54) is 4.63 Å². The molecule has 10 heteroatoms. The van der Waals surface area contributed by atoms with Gasteiger partial charge in [-0.1, -0.05) is 6.07 Å². The Bertz CT molecular complexity index is 1220. The standard InChI is InChI=1S/C23H27N7O3/c1-15-16(2-3-17-18(15)13-33-22(17)32)19(31)12-28-9-6-23(7-10-28)8-11-29(14-23)21-5-4-20-24-26-27-30(20)25-21/h2-5,19,31H,6-14H2,1H3. The first-order valence-corrected chi connectivity index (χ1v) is 11.5. The second-order valence-corrected chi connectivity index (χ2v) is 9.59. The van der Waals surface area contributed by atoms with E-state index in [0.29, 0.717) is 29.8 Å². The highest BCUT2D eigenvalue weighted by Crippen LogP contribution is 2.42. The number of likely N-dealkylation sites (tertiary alicyclic amines) is 1. The molecule has 3 aliphatic heterocycles. The second kappa shape index (κ2) is 7.74. The summed E-state index contributed by atoms with van der Waals surface area (Å²) in [4.78, 5) is 16.5. The molecule has 3 aliphatic rings. The first-order chi connectivity index (χ1) is 16.0. The highest BCUT2D eigenvalue weighted by molar-refractivity contribution is 5.93. The number of benzene rings is 1. The summed E-state index contributed by atoms with van der Waals surface area (Å²) < 4.78 is 6.63. The normalized spacial score (nSPS) is 21.0. The fraction of sp³-hybridized carbons (Fsp3) is 0.522. The summed E-state index contributed by atoms with van der Waals surface area (Å²) in [6.07, 6.45) is 2.78. The number of fused-ring (bicyclic) bond motifs is 2. The maximum Gasteiger partial charge on any atom is 0.338 e. The first kappa shape index (κ1) is 20.5. The lowest BCUT2D eigenvalue weighted by atomic mass is 9.77. The molecular formula is C23H27N7O3. The molecule has 0 radical (unpaired) electrons. The molecule has 1 aromatic carbocycles. The Morgan fingerprint density at radius 2 is 1.97 bits per heavy atom. The van der Waals surface area contributed by atoms with Gasteiger partial charge in [-0.05, 0) is 84.4 Å². The van der Waals surface area contributed by atoms with E-state index in [0.717, 1.165) is 67.9 Å². The third-order valence-corrected chi connectivity index (χ3v) is 7.73. The minimum absolute atomic E-state index is 0.269. The number of carbonyl (C=O) groups is 1. The van der Waals surface area contributed by atoms with Crippen molar-refractivity contribution in [2.45, 2.75) is 38.9 Å². The van der Waals surface area contributed by atoms with Crippen LogP contribution in [0.2, 0.25) is 0 Å². The van der Waals surface area contributed by atoms with Crippen LogP contribution in [0.4, 0.5) is 5.82 Å².